The summed E-state index contributed by atoms with van der Waals surface area (Å²) in [6.45, 7) is 1.35. The number of alkyl halides is 1. The van der Waals surface area contributed by atoms with E-state index in [0.717, 1.165) is 0 Å². The Labute approximate surface area is 48.4 Å². The molecule has 0 atom stereocenters. The predicted octanol–water partition coefficient (Wildman–Crippen LogP) is 1.02. The van der Waals surface area contributed by atoms with Crippen LogP contribution < -0.4 is 0 Å². The molecular weight excluding hydrogens is 109 g/mol. The maximum Gasteiger partial charge on any atom is 0.179 e. The van der Waals surface area contributed by atoms with Crippen molar-refractivity contribution in [2.75, 3.05) is 20.3 Å². The van der Waals surface area contributed by atoms with Crippen LogP contribution in [0.25, 0.3) is 0 Å². The lowest BCUT2D eigenvalue weighted by Gasteiger charge is -1.98. The largest absolute Gasteiger partial charge is 0.478 e. The van der Waals surface area contributed by atoms with Gasteiger partial charge in [0, 0.05) is 14.0 Å². The van der Waals surface area contributed by atoms with Crippen LogP contribution in [0.15, 0.2) is 4.99 Å². The molecule has 3 heteroatoms. The Morgan fingerprint density at radius 3 is 2.75 bits per heavy atom. The molecule has 0 aromatic carbocycles. The van der Waals surface area contributed by atoms with Crippen molar-refractivity contribution >= 4 is 5.90 Å². The SMILES string of the molecule is CN=C(C)OCCF. The van der Waals surface area contributed by atoms with Crippen molar-refractivity contribution in [3.05, 3.63) is 0 Å². The van der Waals surface area contributed by atoms with Crippen LogP contribution in [0.1, 0.15) is 6.92 Å². The van der Waals surface area contributed by atoms with Crippen LogP contribution in [0.5, 0.6) is 0 Å². The molecular formula is C5H10FNO. The summed E-state index contributed by atoms with van der Waals surface area (Å²) in [5.74, 6) is 0.530. The van der Waals surface area contributed by atoms with E-state index in [0.29, 0.717) is 5.90 Å². The molecule has 0 aromatic heterocycles. The predicted molar refractivity (Wildman–Crippen MR) is 31.0 cm³/mol. The van der Waals surface area contributed by atoms with Gasteiger partial charge in [-0.1, -0.05) is 0 Å². The summed E-state index contributed by atoms with van der Waals surface area (Å²) in [4.78, 5) is 3.65. The van der Waals surface area contributed by atoms with Gasteiger partial charge in [0.1, 0.15) is 13.3 Å². The molecule has 8 heavy (non-hydrogen) atoms. The van der Waals surface area contributed by atoms with Gasteiger partial charge in [0.05, 0.1) is 0 Å². The van der Waals surface area contributed by atoms with Crippen molar-refractivity contribution in [3.63, 3.8) is 0 Å². The Morgan fingerprint density at radius 1 is 1.75 bits per heavy atom. The zero-order valence-corrected chi connectivity index (χ0v) is 5.15. The third kappa shape index (κ3) is 3.59. The van der Waals surface area contributed by atoms with Gasteiger partial charge in [-0.25, -0.2) is 4.39 Å². The molecule has 0 radical (unpaired) electrons. The molecule has 0 aliphatic heterocycles. The number of nitrogens with zero attached hydrogens (tertiary/aromatic N) is 1. The highest BCUT2D eigenvalue weighted by atomic mass is 19.1. The lowest BCUT2D eigenvalue weighted by atomic mass is 10.7. The minimum absolute atomic E-state index is 0.114. The van der Waals surface area contributed by atoms with E-state index in [2.05, 4.69) is 4.99 Å². The average Bonchev–Trinajstić information content (AvgIpc) is 1.83. The van der Waals surface area contributed by atoms with Gasteiger partial charge in [-0.15, -0.1) is 0 Å². The van der Waals surface area contributed by atoms with E-state index in [-0.39, 0.29) is 6.61 Å². The molecule has 0 aliphatic carbocycles. The molecule has 0 amide bonds. The molecule has 0 saturated heterocycles. The Balaban J connectivity index is 3.12. The second-order valence-electron chi connectivity index (χ2n) is 1.28. The van der Waals surface area contributed by atoms with Gasteiger partial charge >= 0.3 is 0 Å². The van der Waals surface area contributed by atoms with Crippen LogP contribution in [-0.4, -0.2) is 26.2 Å². The van der Waals surface area contributed by atoms with Gasteiger partial charge in [-0.3, -0.25) is 4.99 Å². The molecule has 0 aliphatic rings. The van der Waals surface area contributed by atoms with E-state index < -0.39 is 6.67 Å². The van der Waals surface area contributed by atoms with Gasteiger partial charge < -0.3 is 4.74 Å². The molecule has 0 fully saturated rings. The zero-order chi connectivity index (χ0) is 6.41. The molecule has 0 unspecified atom stereocenters. The minimum atomic E-state index is -0.452. The molecule has 0 bridgehead atoms. The van der Waals surface area contributed by atoms with Crippen LogP contribution in [-0.2, 0) is 4.74 Å². The maximum atomic E-state index is 11.3. The summed E-state index contributed by atoms with van der Waals surface area (Å²) in [6, 6.07) is 0. The van der Waals surface area contributed by atoms with Crippen molar-refractivity contribution in [3.8, 4) is 0 Å². The molecule has 48 valence electrons. The topological polar surface area (TPSA) is 21.6 Å². The fourth-order valence-electron chi connectivity index (χ4n) is 0.251. The van der Waals surface area contributed by atoms with E-state index in [1.165, 1.54) is 0 Å². The first-order chi connectivity index (χ1) is 3.81. The first kappa shape index (κ1) is 7.40. The number of halogens is 1. The van der Waals surface area contributed by atoms with Crippen LogP contribution in [0.3, 0.4) is 0 Å². The third-order valence-electron chi connectivity index (χ3n) is 0.703. The Kier molecular flexibility index (Phi) is 4.21. The van der Waals surface area contributed by atoms with Crippen LogP contribution >= 0.6 is 0 Å². The lowest BCUT2D eigenvalue weighted by molar-refractivity contribution is 0.260. The number of ether oxygens (including phenoxy) is 1. The molecule has 0 aromatic rings. The highest BCUT2D eigenvalue weighted by Crippen LogP contribution is 1.79. The standard InChI is InChI=1S/C5H10FNO/c1-5(7-2)8-4-3-6/h3-4H2,1-2H3. The van der Waals surface area contributed by atoms with Gasteiger partial charge in [-0.2, -0.15) is 0 Å². The third-order valence-corrected chi connectivity index (χ3v) is 0.703. The summed E-state index contributed by atoms with van der Waals surface area (Å²) >= 11 is 0. The molecule has 0 rings (SSSR count). The van der Waals surface area contributed by atoms with E-state index in [9.17, 15) is 4.39 Å². The summed E-state index contributed by atoms with van der Waals surface area (Å²) in [7, 11) is 1.60. The normalized spacial score (nSPS) is 11.6. The van der Waals surface area contributed by atoms with E-state index in [1.807, 2.05) is 0 Å². The lowest BCUT2D eigenvalue weighted by Crippen LogP contribution is -2.01. The van der Waals surface area contributed by atoms with E-state index in [1.54, 1.807) is 14.0 Å². The van der Waals surface area contributed by atoms with Crippen molar-refractivity contribution in [2.45, 2.75) is 6.92 Å². The monoisotopic (exact) mass is 119 g/mol. The summed E-state index contributed by atoms with van der Waals surface area (Å²) < 4.78 is 16.0. The van der Waals surface area contributed by atoms with Gasteiger partial charge in [0.15, 0.2) is 5.90 Å². The summed E-state index contributed by atoms with van der Waals surface area (Å²) in [6.07, 6.45) is 0. The van der Waals surface area contributed by atoms with Gasteiger partial charge in [-0.05, 0) is 0 Å². The molecule has 0 N–H and O–H groups in total. The highest BCUT2D eigenvalue weighted by Gasteiger charge is 1.85. The first-order valence-electron chi connectivity index (χ1n) is 2.43. The number of hydrogen-bond acceptors (Lipinski definition) is 2. The number of aliphatic imine (C=N–C) groups is 1. The van der Waals surface area contributed by atoms with Gasteiger partial charge in [0.25, 0.3) is 0 Å². The fraction of sp³-hybridized carbons (Fsp3) is 0.800. The summed E-state index contributed by atoms with van der Waals surface area (Å²) in [5, 5.41) is 0. The molecule has 0 spiro atoms. The van der Waals surface area contributed by atoms with E-state index in [4.69, 9.17) is 4.74 Å². The maximum absolute atomic E-state index is 11.3. The zero-order valence-electron chi connectivity index (χ0n) is 5.15. The average molecular weight is 119 g/mol. The van der Waals surface area contributed by atoms with Crippen LogP contribution in [0, 0.1) is 0 Å². The van der Waals surface area contributed by atoms with Crippen molar-refractivity contribution < 1.29 is 9.13 Å². The minimum Gasteiger partial charge on any atom is -0.478 e. The summed E-state index contributed by atoms with van der Waals surface area (Å²) in [5.41, 5.74) is 0. The Bertz CT molecular complexity index is 82.5. The number of hydrogen-bond donors (Lipinski definition) is 0. The first-order valence-corrected chi connectivity index (χ1v) is 2.43. The van der Waals surface area contributed by atoms with Crippen molar-refractivity contribution in [2.24, 2.45) is 4.99 Å². The molecule has 0 saturated carbocycles. The van der Waals surface area contributed by atoms with Crippen LogP contribution in [0.2, 0.25) is 0 Å². The second-order valence-corrected chi connectivity index (χ2v) is 1.28. The smallest absolute Gasteiger partial charge is 0.179 e. The molecule has 0 heterocycles. The van der Waals surface area contributed by atoms with Gasteiger partial charge in [0.2, 0.25) is 0 Å². The van der Waals surface area contributed by atoms with Crippen LogP contribution in [0.4, 0.5) is 4.39 Å². The van der Waals surface area contributed by atoms with E-state index >= 15 is 0 Å². The quantitative estimate of drug-likeness (QED) is 0.393. The van der Waals surface area contributed by atoms with Crippen molar-refractivity contribution in [1.82, 2.24) is 0 Å². The Morgan fingerprint density at radius 2 is 2.38 bits per heavy atom. The van der Waals surface area contributed by atoms with Crippen molar-refractivity contribution in [1.29, 1.82) is 0 Å². The second kappa shape index (κ2) is 4.56. The Hall–Kier alpha value is -0.600. The fourth-order valence-corrected chi connectivity index (χ4v) is 0.251. The number of rotatable bonds is 2. The molecule has 2 nitrogen and oxygen atoms in total. The highest BCUT2D eigenvalue weighted by molar-refractivity contribution is 5.72.